The number of anilines is 1. The van der Waals surface area contributed by atoms with E-state index in [1.54, 1.807) is 20.8 Å². The van der Waals surface area contributed by atoms with Crippen LogP contribution in [0.5, 0.6) is 5.75 Å². The van der Waals surface area contributed by atoms with Crippen LogP contribution in [0.2, 0.25) is 0 Å². The minimum absolute atomic E-state index is 0.0120. The van der Waals surface area contributed by atoms with E-state index in [0.717, 1.165) is 4.90 Å². The largest absolute Gasteiger partial charge is 0.490 e. The fourth-order valence-corrected chi connectivity index (χ4v) is 2.50. The standard InChI is InChI=1S/C16H20N2O6/c1-16(2,3)24-15(20)17-11-9-13(23-4)12(18(21)22)8-10(11)6-5-7-14(17)19/h8-9H,5-7H2,1-4H3. The van der Waals surface area contributed by atoms with Gasteiger partial charge in [0.25, 0.3) is 0 Å². The molecule has 1 aliphatic heterocycles. The van der Waals surface area contributed by atoms with Crippen molar-refractivity contribution < 1.29 is 24.0 Å². The fraction of sp³-hybridized carbons (Fsp3) is 0.500. The van der Waals surface area contributed by atoms with Crippen LogP contribution in [-0.2, 0) is 16.0 Å². The minimum atomic E-state index is -0.799. The molecule has 24 heavy (non-hydrogen) atoms. The van der Waals surface area contributed by atoms with Crippen LogP contribution >= 0.6 is 0 Å². The second-order valence-electron chi connectivity index (χ2n) is 6.47. The molecule has 0 N–H and O–H groups in total. The molecule has 0 atom stereocenters. The summed E-state index contributed by atoms with van der Waals surface area (Å²) in [5.74, 6) is -0.416. The third-order valence-corrected chi connectivity index (χ3v) is 3.48. The molecule has 2 amide bonds. The van der Waals surface area contributed by atoms with Crippen molar-refractivity contribution in [2.75, 3.05) is 12.0 Å². The van der Waals surface area contributed by atoms with E-state index in [4.69, 9.17) is 9.47 Å². The molecular formula is C16H20N2O6. The molecule has 1 heterocycles. The number of ether oxygens (including phenoxy) is 2. The van der Waals surface area contributed by atoms with E-state index in [1.807, 2.05) is 0 Å². The molecular weight excluding hydrogens is 316 g/mol. The maximum Gasteiger partial charge on any atom is 0.421 e. The molecule has 8 heteroatoms. The Kier molecular flexibility index (Phi) is 4.77. The first-order chi connectivity index (χ1) is 11.1. The molecule has 0 saturated carbocycles. The third kappa shape index (κ3) is 3.64. The van der Waals surface area contributed by atoms with Crippen molar-refractivity contribution in [1.82, 2.24) is 0 Å². The first kappa shape index (κ1) is 17.7. The van der Waals surface area contributed by atoms with Gasteiger partial charge in [-0.1, -0.05) is 0 Å². The van der Waals surface area contributed by atoms with Gasteiger partial charge in [0.1, 0.15) is 5.60 Å². The highest BCUT2D eigenvalue weighted by Gasteiger charge is 2.34. The second-order valence-corrected chi connectivity index (χ2v) is 6.47. The van der Waals surface area contributed by atoms with Gasteiger partial charge in [0.2, 0.25) is 5.91 Å². The molecule has 0 aliphatic carbocycles. The normalized spacial score (nSPS) is 14.7. The summed E-state index contributed by atoms with van der Waals surface area (Å²) in [6.45, 7) is 5.10. The first-order valence-corrected chi connectivity index (χ1v) is 7.55. The zero-order valence-corrected chi connectivity index (χ0v) is 14.1. The van der Waals surface area contributed by atoms with Crippen molar-refractivity contribution in [1.29, 1.82) is 0 Å². The lowest BCUT2D eigenvalue weighted by Crippen LogP contribution is -2.40. The molecule has 2 rings (SSSR count). The Hall–Kier alpha value is -2.64. The summed E-state index contributed by atoms with van der Waals surface area (Å²) >= 11 is 0. The minimum Gasteiger partial charge on any atom is -0.490 e. The Morgan fingerprint density at radius 1 is 1.29 bits per heavy atom. The highest BCUT2D eigenvalue weighted by molar-refractivity contribution is 6.13. The van der Waals surface area contributed by atoms with Crippen molar-refractivity contribution in [3.05, 3.63) is 27.8 Å². The maximum absolute atomic E-state index is 12.5. The highest BCUT2D eigenvalue weighted by atomic mass is 16.6. The van der Waals surface area contributed by atoms with Crippen LogP contribution in [-0.4, -0.2) is 29.6 Å². The summed E-state index contributed by atoms with van der Waals surface area (Å²) in [5.41, 5.74) is -0.155. The fourth-order valence-electron chi connectivity index (χ4n) is 2.50. The second kappa shape index (κ2) is 6.46. The predicted octanol–water partition coefficient (Wildman–Crippen LogP) is 3.21. The SMILES string of the molecule is COc1cc2c(cc1[N+](=O)[O-])CCCC(=O)N2C(=O)OC(C)(C)C. The van der Waals surface area contributed by atoms with E-state index >= 15 is 0 Å². The third-order valence-electron chi connectivity index (χ3n) is 3.48. The summed E-state index contributed by atoms with van der Waals surface area (Å²) < 4.78 is 10.3. The summed E-state index contributed by atoms with van der Waals surface area (Å²) in [6, 6.07) is 2.70. The lowest BCUT2D eigenvalue weighted by Gasteiger charge is -2.26. The quantitative estimate of drug-likeness (QED) is 0.607. The lowest BCUT2D eigenvalue weighted by molar-refractivity contribution is -0.385. The van der Waals surface area contributed by atoms with Gasteiger partial charge in [-0.3, -0.25) is 14.9 Å². The monoisotopic (exact) mass is 336 g/mol. The molecule has 0 unspecified atom stereocenters. The number of amides is 2. The van der Waals surface area contributed by atoms with E-state index in [9.17, 15) is 19.7 Å². The van der Waals surface area contributed by atoms with Gasteiger partial charge in [-0.15, -0.1) is 0 Å². The van der Waals surface area contributed by atoms with Crippen molar-refractivity contribution >= 4 is 23.4 Å². The number of methoxy groups -OCH3 is 1. The van der Waals surface area contributed by atoms with Gasteiger partial charge in [-0.25, -0.2) is 9.69 Å². The molecule has 1 aromatic carbocycles. The van der Waals surface area contributed by atoms with E-state index < -0.39 is 22.5 Å². The molecule has 0 spiro atoms. The Morgan fingerprint density at radius 3 is 2.50 bits per heavy atom. The van der Waals surface area contributed by atoms with Crippen molar-refractivity contribution in [2.24, 2.45) is 0 Å². The van der Waals surface area contributed by atoms with Crippen LogP contribution in [0.1, 0.15) is 39.2 Å². The number of benzene rings is 1. The predicted molar refractivity (Wildman–Crippen MR) is 86.3 cm³/mol. The number of nitrogens with zero attached hydrogens (tertiary/aromatic N) is 2. The summed E-state index contributed by atoms with van der Waals surface area (Å²) in [7, 11) is 1.30. The summed E-state index contributed by atoms with van der Waals surface area (Å²) in [4.78, 5) is 36.4. The lowest BCUT2D eigenvalue weighted by atomic mass is 10.1. The average molecular weight is 336 g/mol. The number of nitro groups is 1. The maximum atomic E-state index is 12.5. The van der Waals surface area contributed by atoms with Crippen LogP contribution in [0.4, 0.5) is 16.2 Å². The van der Waals surface area contributed by atoms with Gasteiger partial charge in [-0.05, 0) is 39.2 Å². The zero-order chi connectivity index (χ0) is 18.1. The van der Waals surface area contributed by atoms with Gasteiger partial charge in [0, 0.05) is 18.6 Å². The van der Waals surface area contributed by atoms with Crippen molar-refractivity contribution in [3.8, 4) is 5.75 Å². The Balaban J connectivity index is 2.56. The molecule has 0 fully saturated rings. The van der Waals surface area contributed by atoms with E-state index in [-0.39, 0.29) is 23.5 Å². The molecule has 0 aromatic heterocycles. The van der Waals surface area contributed by atoms with Crippen LogP contribution < -0.4 is 9.64 Å². The number of hydrogen-bond acceptors (Lipinski definition) is 6. The van der Waals surface area contributed by atoms with Gasteiger partial charge in [-0.2, -0.15) is 0 Å². The number of fused-ring (bicyclic) bond motifs is 1. The first-order valence-electron chi connectivity index (χ1n) is 7.55. The summed E-state index contributed by atoms with van der Waals surface area (Å²) in [6.07, 6.45) is 0.302. The van der Waals surface area contributed by atoms with Crippen LogP contribution in [0.15, 0.2) is 12.1 Å². The van der Waals surface area contributed by atoms with E-state index in [0.29, 0.717) is 18.4 Å². The number of carbonyl (C=O) groups excluding carboxylic acids is 2. The Morgan fingerprint density at radius 2 is 1.96 bits per heavy atom. The summed E-state index contributed by atoms with van der Waals surface area (Å²) in [5, 5.41) is 11.2. The van der Waals surface area contributed by atoms with Gasteiger partial charge in [0.15, 0.2) is 5.75 Å². The molecule has 0 saturated heterocycles. The van der Waals surface area contributed by atoms with Crippen LogP contribution in [0, 0.1) is 10.1 Å². The number of carbonyl (C=O) groups is 2. The van der Waals surface area contributed by atoms with E-state index in [2.05, 4.69) is 0 Å². The van der Waals surface area contributed by atoms with Crippen LogP contribution in [0.3, 0.4) is 0 Å². The van der Waals surface area contributed by atoms with Crippen molar-refractivity contribution in [3.63, 3.8) is 0 Å². The van der Waals surface area contributed by atoms with Crippen molar-refractivity contribution in [2.45, 2.75) is 45.6 Å². The molecule has 1 aliphatic rings. The van der Waals surface area contributed by atoms with Gasteiger partial charge >= 0.3 is 11.8 Å². The van der Waals surface area contributed by atoms with E-state index in [1.165, 1.54) is 19.2 Å². The zero-order valence-electron chi connectivity index (χ0n) is 14.1. The smallest absolute Gasteiger partial charge is 0.421 e. The molecule has 0 bridgehead atoms. The number of nitro benzene ring substituents is 1. The highest BCUT2D eigenvalue weighted by Crippen LogP contribution is 2.38. The number of hydrogen-bond donors (Lipinski definition) is 0. The number of aryl methyl sites for hydroxylation is 1. The van der Waals surface area contributed by atoms with Gasteiger partial charge in [0.05, 0.1) is 17.7 Å². The molecule has 1 aromatic rings. The average Bonchev–Trinajstić information content (AvgIpc) is 2.61. The van der Waals surface area contributed by atoms with Crippen LogP contribution in [0.25, 0.3) is 0 Å². The molecule has 0 radical (unpaired) electrons. The number of rotatable bonds is 2. The molecule has 130 valence electrons. The topological polar surface area (TPSA) is 99.0 Å². The Labute approximate surface area is 139 Å². The van der Waals surface area contributed by atoms with Gasteiger partial charge < -0.3 is 9.47 Å². The Bertz CT molecular complexity index is 693. The molecule has 8 nitrogen and oxygen atoms in total. The number of imide groups is 1.